The van der Waals surface area contributed by atoms with Crippen molar-refractivity contribution >= 4 is 44.8 Å². The zero-order chi connectivity index (χ0) is 27.3. The quantitative estimate of drug-likeness (QED) is 0.207. The molecular formula is C32H22N4O2S2. The fourth-order valence-corrected chi connectivity index (χ4v) is 5.52. The van der Waals surface area contributed by atoms with Crippen LogP contribution in [0.25, 0.3) is 33.6 Å². The van der Waals surface area contributed by atoms with Crippen LogP contribution in [0.15, 0.2) is 120 Å². The lowest BCUT2D eigenvalue weighted by molar-refractivity contribution is 0.101. The summed E-state index contributed by atoms with van der Waals surface area (Å²) in [5.74, 6) is -0.463. The minimum Gasteiger partial charge on any atom is -0.298 e. The maximum Gasteiger partial charge on any atom is 0.257 e. The number of nitrogens with one attached hydrogen (secondary N) is 2. The average Bonchev–Trinajstić information content (AvgIpc) is 3.68. The summed E-state index contributed by atoms with van der Waals surface area (Å²) in [7, 11) is 0. The number of nitrogens with zero attached hydrogens (tertiary/aromatic N) is 2. The highest BCUT2D eigenvalue weighted by Gasteiger charge is 2.14. The van der Waals surface area contributed by atoms with Crippen molar-refractivity contribution in [3.05, 3.63) is 131 Å². The first-order valence-corrected chi connectivity index (χ1v) is 14.2. The van der Waals surface area contributed by atoms with Gasteiger partial charge < -0.3 is 0 Å². The van der Waals surface area contributed by atoms with E-state index in [4.69, 9.17) is 0 Å². The van der Waals surface area contributed by atoms with Gasteiger partial charge in [-0.15, -0.1) is 22.7 Å². The standard InChI is InChI=1S/C32H22N4O2S2/c37-29(25-15-11-23(12-16-25)21-7-3-1-4-8-21)35-31-33-27(19-39-31)28-20-40-32(34-28)36-30(38)26-17-13-24(14-18-26)22-9-5-2-6-10-22/h1-20H,(H,33,35,37)(H,34,36,38). The fourth-order valence-electron chi connectivity index (χ4n) is 4.13. The van der Waals surface area contributed by atoms with E-state index in [2.05, 4.69) is 20.6 Å². The monoisotopic (exact) mass is 558 g/mol. The van der Waals surface area contributed by atoms with E-state index in [9.17, 15) is 9.59 Å². The number of carbonyl (C=O) groups excluding carboxylic acids is 2. The maximum absolute atomic E-state index is 12.8. The van der Waals surface area contributed by atoms with Crippen molar-refractivity contribution in [3.63, 3.8) is 0 Å². The number of benzene rings is 4. The molecule has 2 amide bonds. The van der Waals surface area contributed by atoms with Gasteiger partial charge in [0.05, 0.1) is 0 Å². The Hall–Kier alpha value is -4.92. The van der Waals surface area contributed by atoms with Gasteiger partial charge in [-0.3, -0.25) is 20.2 Å². The lowest BCUT2D eigenvalue weighted by Gasteiger charge is -2.05. The van der Waals surface area contributed by atoms with Crippen LogP contribution in [0.1, 0.15) is 20.7 Å². The molecule has 4 aromatic carbocycles. The van der Waals surface area contributed by atoms with Gasteiger partial charge in [0.25, 0.3) is 11.8 Å². The van der Waals surface area contributed by atoms with E-state index in [1.807, 2.05) is 95.7 Å². The third kappa shape index (κ3) is 5.73. The Balaban J connectivity index is 1.07. The second-order valence-electron chi connectivity index (χ2n) is 8.87. The molecule has 0 unspecified atom stereocenters. The summed E-state index contributed by atoms with van der Waals surface area (Å²) >= 11 is 2.64. The van der Waals surface area contributed by atoms with Crippen LogP contribution in [-0.2, 0) is 0 Å². The Morgan fingerprint density at radius 3 is 1.20 bits per heavy atom. The van der Waals surface area contributed by atoms with E-state index >= 15 is 0 Å². The molecule has 0 spiro atoms. The summed E-state index contributed by atoms with van der Waals surface area (Å²) in [6.45, 7) is 0. The summed E-state index contributed by atoms with van der Waals surface area (Å²) in [5.41, 5.74) is 6.64. The molecule has 0 saturated heterocycles. The summed E-state index contributed by atoms with van der Waals surface area (Å²) in [4.78, 5) is 34.6. The van der Waals surface area contributed by atoms with E-state index in [1.54, 1.807) is 24.3 Å². The van der Waals surface area contributed by atoms with Crippen molar-refractivity contribution in [3.8, 4) is 33.6 Å². The lowest BCUT2D eigenvalue weighted by atomic mass is 10.0. The Morgan fingerprint density at radius 2 is 0.825 bits per heavy atom. The lowest BCUT2D eigenvalue weighted by Crippen LogP contribution is -2.11. The van der Waals surface area contributed by atoms with E-state index in [0.717, 1.165) is 22.3 Å². The van der Waals surface area contributed by atoms with E-state index in [0.29, 0.717) is 32.8 Å². The number of rotatable bonds is 7. The molecule has 8 heteroatoms. The average molecular weight is 559 g/mol. The molecule has 0 atom stereocenters. The smallest absolute Gasteiger partial charge is 0.257 e. The summed E-state index contributed by atoms with van der Waals surface area (Å²) in [6.07, 6.45) is 0. The molecule has 2 aromatic heterocycles. The van der Waals surface area contributed by atoms with Gasteiger partial charge in [-0.2, -0.15) is 0 Å². The van der Waals surface area contributed by atoms with Crippen LogP contribution in [0.5, 0.6) is 0 Å². The van der Waals surface area contributed by atoms with Crippen molar-refractivity contribution in [2.75, 3.05) is 10.6 Å². The van der Waals surface area contributed by atoms with Crippen molar-refractivity contribution in [1.29, 1.82) is 0 Å². The summed E-state index contributed by atoms with van der Waals surface area (Å²) < 4.78 is 0. The molecule has 6 nitrogen and oxygen atoms in total. The van der Waals surface area contributed by atoms with Crippen molar-refractivity contribution < 1.29 is 9.59 Å². The summed E-state index contributed by atoms with van der Waals surface area (Å²) in [5, 5.41) is 10.3. The first-order valence-electron chi connectivity index (χ1n) is 12.5. The molecule has 6 rings (SSSR count). The summed E-state index contributed by atoms with van der Waals surface area (Å²) in [6, 6.07) is 35.0. The van der Waals surface area contributed by atoms with Gasteiger partial charge in [-0.25, -0.2) is 9.97 Å². The Kier molecular flexibility index (Phi) is 7.26. The highest BCUT2D eigenvalue weighted by Crippen LogP contribution is 2.29. The minimum absolute atomic E-state index is 0.231. The minimum atomic E-state index is -0.231. The normalized spacial score (nSPS) is 10.7. The molecule has 194 valence electrons. The topological polar surface area (TPSA) is 84.0 Å². The van der Waals surface area contributed by atoms with Crippen LogP contribution in [-0.4, -0.2) is 21.8 Å². The second kappa shape index (κ2) is 11.4. The van der Waals surface area contributed by atoms with E-state index in [-0.39, 0.29) is 11.8 Å². The van der Waals surface area contributed by atoms with Crippen molar-refractivity contribution in [2.24, 2.45) is 0 Å². The third-order valence-corrected chi connectivity index (χ3v) is 7.74. The predicted octanol–water partition coefficient (Wildman–Crippen LogP) is 8.11. The van der Waals surface area contributed by atoms with Crippen LogP contribution < -0.4 is 10.6 Å². The molecule has 0 radical (unpaired) electrons. The molecule has 2 N–H and O–H groups in total. The van der Waals surface area contributed by atoms with Crippen LogP contribution in [0.2, 0.25) is 0 Å². The van der Waals surface area contributed by atoms with Gasteiger partial charge in [0.15, 0.2) is 10.3 Å². The van der Waals surface area contributed by atoms with E-state index < -0.39 is 0 Å². The molecular weight excluding hydrogens is 537 g/mol. The Bertz CT molecular complexity index is 1630. The van der Waals surface area contributed by atoms with Gasteiger partial charge >= 0.3 is 0 Å². The van der Waals surface area contributed by atoms with Crippen molar-refractivity contribution in [1.82, 2.24) is 9.97 Å². The van der Waals surface area contributed by atoms with Gasteiger partial charge in [-0.05, 0) is 46.5 Å². The number of hydrogen-bond donors (Lipinski definition) is 2. The van der Waals surface area contributed by atoms with Crippen LogP contribution >= 0.6 is 22.7 Å². The molecule has 2 heterocycles. The van der Waals surface area contributed by atoms with Crippen molar-refractivity contribution in [2.45, 2.75) is 0 Å². The molecule has 0 aliphatic heterocycles. The third-order valence-electron chi connectivity index (χ3n) is 6.22. The fraction of sp³-hybridized carbons (Fsp3) is 0. The maximum atomic E-state index is 12.8. The van der Waals surface area contributed by atoms with Gasteiger partial charge in [-0.1, -0.05) is 84.9 Å². The van der Waals surface area contributed by atoms with Crippen LogP contribution in [0.3, 0.4) is 0 Å². The van der Waals surface area contributed by atoms with Crippen LogP contribution in [0.4, 0.5) is 10.3 Å². The highest BCUT2D eigenvalue weighted by molar-refractivity contribution is 7.15. The van der Waals surface area contributed by atoms with Crippen LogP contribution in [0, 0.1) is 0 Å². The Labute approximate surface area is 239 Å². The number of thiazole rings is 2. The Morgan fingerprint density at radius 1 is 0.475 bits per heavy atom. The second-order valence-corrected chi connectivity index (χ2v) is 10.6. The first kappa shape index (κ1) is 25.4. The highest BCUT2D eigenvalue weighted by atomic mass is 32.1. The zero-order valence-electron chi connectivity index (χ0n) is 21.1. The predicted molar refractivity (Wildman–Crippen MR) is 163 cm³/mol. The molecule has 6 aromatic rings. The molecule has 0 saturated carbocycles. The van der Waals surface area contributed by atoms with Gasteiger partial charge in [0, 0.05) is 21.9 Å². The van der Waals surface area contributed by atoms with E-state index in [1.165, 1.54) is 22.7 Å². The SMILES string of the molecule is O=C(Nc1nc(-c2csc(NC(=O)c3ccc(-c4ccccc4)cc3)n2)cs1)c1ccc(-c2ccccc2)cc1. The molecule has 0 aliphatic rings. The largest absolute Gasteiger partial charge is 0.298 e. The molecule has 0 aliphatic carbocycles. The van der Waals surface area contributed by atoms with Gasteiger partial charge in [0.2, 0.25) is 0 Å². The number of aromatic nitrogens is 2. The van der Waals surface area contributed by atoms with Gasteiger partial charge in [0.1, 0.15) is 11.4 Å². The first-order chi connectivity index (χ1) is 19.6. The molecule has 40 heavy (non-hydrogen) atoms. The molecule has 0 bridgehead atoms. The number of carbonyl (C=O) groups is 2. The molecule has 0 fully saturated rings. The zero-order valence-corrected chi connectivity index (χ0v) is 22.7. The number of anilines is 2. The number of amides is 2. The number of hydrogen-bond acceptors (Lipinski definition) is 6.